The zero-order valence-corrected chi connectivity index (χ0v) is 34.0. The van der Waals surface area contributed by atoms with Crippen molar-refractivity contribution in [1.82, 2.24) is 25.4 Å². The lowest BCUT2D eigenvalue weighted by Crippen LogP contribution is -2.54. The van der Waals surface area contributed by atoms with E-state index in [-0.39, 0.29) is 66.5 Å². The van der Waals surface area contributed by atoms with Crippen molar-refractivity contribution in [3.05, 3.63) is 94.7 Å². The lowest BCUT2D eigenvalue weighted by Gasteiger charge is -2.40. The van der Waals surface area contributed by atoms with Crippen LogP contribution in [0.1, 0.15) is 73.3 Å². The van der Waals surface area contributed by atoms with E-state index in [1.807, 2.05) is 10.2 Å². The highest BCUT2D eigenvalue weighted by atomic mass is 19.4. The van der Waals surface area contributed by atoms with Crippen molar-refractivity contribution in [3.63, 3.8) is 0 Å². The number of pyridine rings is 1. The summed E-state index contributed by atoms with van der Waals surface area (Å²) in [5.41, 5.74) is -4.15. The van der Waals surface area contributed by atoms with Crippen molar-refractivity contribution in [3.8, 4) is 5.75 Å². The maximum absolute atomic E-state index is 16.6. The molecule has 1 aromatic heterocycles. The number of nitrogens with one attached hydrogen (secondary N) is 4. The Morgan fingerprint density at radius 3 is 2.33 bits per heavy atom. The van der Waals surface area contributed by atoms with Gasteiger partial charge in [-0.2, -0.15) is 13.2 Å². The van der Waals surface area contributed by atoms with Crippen molar-refractivity contribution in [2.45, 2.75) is 37.9 Å². The van der Waals surface area contributed by atoms with Crippen molar-refractivity contribution < 1.29 is 61.6 Å². The molecule has 1 atom stereocenters. The van der Waals surface area contributed by atoms with Crippen molar-refractivity contribution in [1.29, 1.82) is 0 Å². The molecule has 0 radical (unpaired) electrons. The van der Waals surface area contributed by atoms with Gasteiger partial charge in [0.2, 0.25) is 11.8 Å². The third-order valence-electron chi connectivity index (χ3n) is 11.2. The highest BCUT2D eigenvalue weighted by Gasteiger charge is 2.47. The van der Waals surface area contributed by atoms with E-state index in [2.05, 4.69) is 20.9 Å². The number of piperazine rings is 1. The first-order valence-electron chi connectivity index (χ1n) is 23.8. The number of hydrogen-bond donors (Lipinski definition) is 4. The molecule has 4 aliphatic rings. The van der Waals surface area contributed by atoms with Crippen LogP contribution in [0.3, 0.4) is 0 Å². The van der Waals surface area contributed by atoms with Crippen LogP contribution in [0.5, 0.6) is 5.75 Å². The summed E-state index contributed by atoms with van der Waals surface area (Å²) >= 11 is 0. The lowest BCUT2D eigenvalue weighted by molar-refractivity contribution is -0.137. The molecule has 3 fully saturated rings. The van der Waals surface area contributed by atoms with E-state index in [1.165, 1.54) is 26.3 Å². The van der Waals surface area contributed by atoms with Crippen LogP contribution in [0.4, 0.5) is 56.2 Å². The van der Waals surface area contributed by atoms with Crippen molar-refractivity contribution in [2.24, 2.45) is 5.92 Å². The Bertz CT molecular complexity index is 2880. The minimum absolute atomic E-state index is 0.0170. The van der Waals surface area contributed by atoms with Gasteiger partial charge in [-0.1, -0.05) is 12.1 Å². The molecule has 64 heavy (non-hydrogen) atoms. The normalized spacial score (nSPS) is 23.5. The number of anilines is 6. The summed E-state index contributed by atoms with van der Waals surface area (Å²) < 4.78 is 152. The summed E-state index contributed by atoms with van der Waals surface area (Å²) in [4.78, 5) is 69.7. The molecular formula is C44H44F5N9O6. The van der Waals surface area contributed by atoms with Gasteiger partial charge in [-0.05, 0) is 55.5 Å². The average Bonchev–Trinajstić information content (AvgIpc) is 3.56. The largest absolute Gasteiger partial charge is 0.494 e. The maximum atomic E-state index is 16.6. The number of amides is 5. The summed E-state index contributed by atoms with van der Waals surface area (Å²) in [6.07, 6.45) is -4.38. The van der Waals surface area contributed by atoms with Gasteiger partial charge in [-0.25, -0.2) is 13.8 Å². The monoisotopic (exact) mass is 897 g/mol. The van der Waals surface area contributed by atoms with Crippen LogP contribution in [0.2, 0.25) is 0 Å². The van der Waals surface area contributed by atoms with E-state index in [9.17, 15) is 37.1 Å². The first-order valence-corrected chi connectivity index (χ1v) is 19.8. The standard InChI is InChI=1S/C44H44F5N9O6/c1-50-40(60)26-5-3-4-6-30(26)52-32-21-35(51-22-28(32)44(47,48)49)53-31-8-7-25(19-34(31)64-2)56-13-11-24(12-14-56)23-55-15-17-57(18-16-55)39-29(45)20-27-37(38(39)46)43(63)58(42(27)62)33-9-10-36(59)54-41(33)61/h3-8,19-22,24,33H,9-18,23H2,1-2H3,(H,50,60)(H2,51,52,53)(H,54,59,61)/i15D2,16D2,17D2,18D2. The highest BCUT2D eigenvalue weighted by Crippen LogP contribution is 2.40. The van der Waals surface area contributed by atoms with Gasteiger partial charge >= 0.3 is 6.18 Å². The minimum atomic E-state index is -4.82. The fourth-order valence-electron chi connectivity index (χ4n) is 7.90. The van der Waals surface area contributed by atoms with Crippen LogP contribution in [-0.2, 0) is 15.8 Å². The van der Waals surface area contributed by atoms with Crippen LogP contribution in [-0.4, -0.2) is 110 Å². The molecule has 4 aliphatic heterocycles. The number of methoxy groups -OCH3 is 1. The average molecular weight is 898 g/mol. The smallest absolute Gasteiger partial charge is 0.419 e. The summed E-state index contributed by atoms with van der Waals surface area (Å²) in [5, 5.41) is 10.1. The van der Waals surface area contributed by atoms with E-state index in [0.717, 1.165) is 6.07 Å². The number of imide groups is 2. The number of para-hydroxylation sites is 1. The second-order valence-electron chi connectivity index (χ2n) is 15.1. The fraction of sp³-hybridized carbons (Fsp3) is 0.364. The molecular weight excluding hydrogens is 846 g/mol. The Kier molecular flexibility index (Phi) is 9.60. The molecule has 5 heterocycles. The van der Waals surface area contributed by atoms with E-state index in [0.29, 0.717) is 33.4 Å². The predicted molar refractivity (Wildman–Crippen MR) is 225 cm³/mol. The molecule has 1 unspecified atom stereocenters. The number of aromatic nitrogens is 1. The predicted octanol–water partition coefficient (Wildman–Crippen LogP) is 5.67. The number of alkyl halides is 3. The van der Waals surface area contributed by atoms with Gasteiger partial charge in [-0.15, -0.1) is 0 Å². The molecule has 4 N–H and O–H groups in total. The summed E-state index contributed by atoms with van der Waals surface area (Å²) in [5.74, 6) is -9.34. The number of hydrogen-bond acceptors (Lipinski definition) is 12. The van der Waals surface area contributed by atoms with Gasteiger partial charge in [0.15, 0.2) is 5.82 Å². The Morgan fingerprint density at radius 1 is 0.906 bits per heavy atom. The van der Waals surface area contributed by atoms with E-state index < -0.39 is 120 Å². The van der Waals surface area contributed by atoms with E-state index in [4.69, 9.17) is 15.7 Å². The second kappa shape index (κ2) is 17.7. The number of rotatable bonds is 11. The number of fused-ring (bicyclic) bond motifs is 1. The van der Waals surface area contributed by atoms with Gasteiger partial charge in [0, 0.05) is 88.6 Å². The molecule has 15 nitrogen and oxygen atoms in total. The third-order valence-corrected chi connectivity index (χ3v) is 11.2. The van der Waals surface area contributed by atoms with Gasteiger partial charge in [-0.3, -0.25) is 39.1 Å². The van der Waals surface area contributed by atoms with E-state index >= 15 is 8.78 Å². The number of halogens is 5. The molecule has 0 aliphatic carbocycles. The van der Waals surface area contributed by atoms with Crippen LogP contribution < -0.4 is 35.8 Å². The molecule has 0 bridgehead atoms. The topological polar surface area (TPSA) is 169 Å². The summed E-state index contributed by atoms with van der Waals surface area (Å²) in [7, 11) is 2.75. The minimum Gasteiger partial charge on any atom is -0.494 e. The van der Waals surface area contributed by atoms with Crippen LogP contribution >= 0.6 is 0 Å². The van der Waals surface area contributed by atoms with Crippen molar-refractivity contribution in [2.75, 3.05) is 80.2 Å². The molecule has 4 aromatic rings. The molecule has 0 saturated carbocycles. The number of benzene rings is 3. The number of carbonyl (C=O) groups excluding carboxylic acids is 5. The van der Waals surface area contributed by atoms with Crippen molar-refractivity contribution >= 4 is 63.8 Å². The van der Waals surface area contributed by atoms with E-state index in [1.54, 1.807) is 30.3 Å². The highest BCUT2D eigenvalue weighted by molar-refractivity contribution is 6.24. The molecule has 20 heteroatoms. The molecule has 3 aromatic carbocycles. The molecule has 336 valence electrons. The Morgan fingerprint density at radius 2 is 1.64 bits per heavy atom. The van der Waals surface area contributed by atoms with Crippen LogP contribution in [0.25, 0.3) is 0 Å². The van der Waals surface area contributed by atoms with Gasteiger partial charge < -0.3 is 30.5 Å². The Labute approximate surface area is 375 Å². The quantitative estimate of drug-likeness (QED) is 0.108. The zero-order chi connectivity index (χ0) is 52.6. The van der Waals surface area contributed by atoms with Crippen LogP contribution in [0, 0.1) is 17.6 Å². The first kappa shape index (κ1) is 34.6. The van der Waals surface area contributed by atoms with Gasteiger partial charge in [0.25, 0.3) is 17.7 Å². The molecule has 8 rings (SSSR count). The number of ether oxygens (including phenoxy) is 1. The third kappa shape index (κ3) is 8.60. The number of piperidine rings is 2. The fourth-order valence-corrected chi connectivity index (χ4v) is 7.90. The Balaban J connectivity index is 0.986. The zero-order valence-electron chi connectivity index (χ0n) is 42.0. The van der Waals surface area contributed by atoms with Gasteiger partial charge in [0.05, 0.1) is 51.9 Å². The van der Waals surface area contributed by atoms with Crippen LogP contribution in [0.15, 0.2) is 60.8 Å². The maximum Gasteiger partial charge on any atom is 0.419 e. The SMILES string of the molecule is [2H]C1([2H])N(CC2CCN(c3ccc(Nc4cc(Nc5ccccc5C(=O)NC)c(C(F)(F)F)cn4)c(OC)c3)CC2)C([2H])([2H])C([2H])([2H])N(c2c(F)cc3c(c2F)C(=O)N(C2CCC(=O)NC2=O)C3=O)C1([2H])[2H]. The van der Waals surface area contributed by atoms with Gasteiger partial charge in [0.1, 0.15) is 29.1 Å². The Hall–Kier alpha value is -6.83. The second-order valence-corrected chi connectivity index (χ2v) is 15.1. The summed E-state index contributed by atoms with van der Waals surface area (Å²) in [6.45, 7) is -14.7. The first-order chi connectivity index (χ1) is 33.7. The number of nitrogens with zero attached hydrogens (tertiary/aromatic N) is 5. The number of carbonyl (C=O) groups is 5. The molecule has 0 spiro atoms. The molecule has 5 amide bonds. The summed E-state index contributed by atoms with van der Waals surface area (Å²) in [6, 6.07) is 10.7. The lowest BCUT2D eigenvalue weighted by atomic mass is 9.95. The molecule has 3 saturated heterocycles.